The predicted octanol–water partition coefficient (Wildman–Crippen LogP) is 2.55. The summed E-state index contributed by atoms with van der Waals surface area (Å²) in [6, 6.07) is 5.25. The Balaban J connectivity index is 2.25. The van der Waals surface area contributed by atoms with Crippen LogP contribution < -0.4 is 5.48 Å². The van der Waals surface area contributed by atoms with Crippen LogP contribution in [0.1, 0.15) is 18.0 Å². The van der Waals surface area contributed by atoms with E-state index in [0.29, 0.717) is 11.1 Å². The van der Waals surface area contributed by atoms with Crippen LogP contribution in [-0.2, 0) is 4.84 Å². The van der Waals surface area contributed by atoms with Gasteiger partial charge in [-0.3, -0.25) is 0 Å². The van der Waals surface area contributed by atoms with E-state index in [0.717, 1.165) is 12.0 Å². The predicted molar refractivity (Wildman–Crippen MR) is 50.5 cm³/mol. The average Bonchev–Trinajstić information content (AvgIpc) is 2.62. The zero-order valence-electron chi connectivity index (χ0n) is 6.89. The molecule has 1 aliphatic heterocycles. The van der Waals surface area contributed by atoms with E-state index in [2.05, 4.69) is 21.4 Å². The van der Waals surface area contributed by atoms with Gasteiger partial charge in [0, 0.05) is 0 Å². The van der Waals surface area contributed by atoms with Crippen LogP contribution in [0.5, 0.6) is 0 Å². The first-order chi connectivity index (χ1) is 6.27. The van der Waals surface area contributed by atoms with Crippen LogP contribution in [0.25, 0.3) is 0 Å². The summed E-state index contributed by atoms with van der Waals surface area (Å²) < 4.78 is 13.6. The third kappa shape index (κ3) is 1.90. The zero-order valence-corrected chi connectivity index (χ0v) is 8.47. The number of hydrogen-bond donors (Lipinski definition) is 1. The molecular weight excluding hydrogens is 237 g/mol. The third-order valence-corrected chi connectivity index (χ3v) is 2.72. The van der Waals surface area contributed by atoms with Crippen molar-refractivity contribution in [2.75, 3.05) is 6.61 Å². The van der Waals surface area contributed by atoms with Crippen molar-refractivity contribution in [3.05, 3.63) is 34.1 Å². The van der Waals surface area contributed by atoms with Crippen molar-refractivity contribution in [3.63, 3.8) is 0 Å². The topological polar surface area (TPSA) is 21.3 Å². The van der Waals surface area contributed by atoms with Crippen molar-refractivity contribution >= 4 is 15.9 Å². The molecule has 1 fully saturated rings. The van der Waals surface area contributed by atoms with Crippen molar-refractivity contribution in [1.29, 1.82) is 0 Å². The minimum absolute atomic E-state index is 0.127. The SMILES string of the molecule is Fc1cc(C2CCON2)ccc1Br. The van der Waals surface area contributed by atoms with Crippen LogP contribution in [0.2, 0.25) is 0 Å². The summed E-state index contributed by atoms with van der Waals surface area (Å²) in [5.41, 5.74) is 3.77. The maximum Gasteiger partial charge on any atom is 0.137 e. The lowest BCUT2D eigenvalue weighted by Crippen LogP contribution is -2.11. The van der Waals surface area contributed by atoms with Crippen molar-refractivity contribution in [1.82, 2.24) is 5.48 Å². The van der Waals surface area contributed by atoms with Gasteiger partial charge < -0.3 is 4.84 Å². The average molecular weight is 246 g/mol. The Morgan fingerprint density at radius 1 is 1.54 bits per heavy atom. The number of hydrogen-bond acceptors (Lipinski definition) is 2. The summed E-state index contributed by atoms with van der Waals surface area (Å²) >= 11 is 3.11. The zero-order chi connectivity index (χ0) is 9.26. The van der Waals surface area contributed by atoms with Gasteiger partial charge in [0.15, 0.2) is 0 Å². The molecule has 1 N–H and O–H groups in total. The Labute approximate surface area is 84.2 Å². The van der Waals surface area contributed by atoms with E-state index in [1.54, 1.807) is 6.07 Å². The highest BCUT2D eigenvalue weighted by Crippen LogP contribution is 2.24. The Hall–Kier alpha value is -0.450. The number of nitrogens with one attached hydrogen (secondary N) is 1. The van der Waals surface area contributed by atoms with Gasteiger partial charge in [-0.2, -0.15) is 5.48 Å². The van der Waals surface area contributed by atoms with E-state index in [9.17, 15) is 4.39 Å². The van der Waals surface area contributed by atoms with Crippen LogP contribution in [0.15, 0.2) is 22.7 Å². The fraction of sp³-hybridized carbons (Fsp3) is 0.333. The van der Waals surface area contributed by atoms with Crippen LogP contribution in [0.3, 0.4) is 0 Å². The molecule has 1 atom stereocenters. The van der Waals surface area contributed by atoms with Crippen molar-refractivity contribution in [2.45, 2.75) is 12.5 Å². The molecule has 1 aromatic rings. The molecule has 0 amide bonds. The second kappa shape index (κ2) is 3.74. The van der Waals surface area contributed by atoms with Crippen LogP contribution in [0, 0.1) is 5.82 Å². The Kier molecular flexibility index (Phi) is 2.62. The molecule has 0 spiro atoms. The molecule has 70 valence electrons. The molecule has 0 aromatic heterocycles. The highest BCUT2D eigenvalue weighted by Gasteiger charge is 2.17. The molecule has 2 rings (SSSR count). The van der Waals surface area contributed by atoms with Gasteiger partial charge in [0.2, 0.25) is 0 Å². The lowest BCUT2D eigenvalue weighted by Gasteiger charge is -2.08. The van der Waals surface area contributed by atoms with Gasteiger partial charge in [0.25, 0.3) is 0 Å². The first-order valence-corrected chi connectivity index (χ1v) is 4.89. The Morgan fingerprint density at radius 3 is 3.00 bits per heavy atom. The molecule has 0 bridgehead atoms. The quantitative estimate of drug-likeness (QED) is 0.822. The Morgan fingerprint density at radius 2 is 2.38 bits per heavy atom. The molecule has 0 saturated carbocycles. The second-order valence-electron chi connectivity index (χ2n) is 2.98. The summed E-state index contributed by atoms with van der Waals surface area (Å²) in [7, 11) is 0. The normalized spacial score (nSPS) is 22.2. The number of hydroxylamine groups is 1. The van der Waals surface area contributed by atoms with Crippen LogP contribution >= 0.6 is 15.9 Å². The van der Waals surface area contributed by atoms with Gasteiger partial charge in [-0.25, -0.2) is 4.39 Å². The van der Waals surface area contributed by atoms with E-state index >= 15 is 0 Å². The van der Waals surface area contributed by atoms with E-state index in [1.165, 1.54) is 6.07 Å². The molecule has 4 heteroatoms. The summed E-state index contributed by atoms with van der Waals surface area (Å²) in [5.74, 6) is -0.230. The minimum atomic E-state index is -0.230. The molecule has 1 aromatic carbocycles. The lowest BCUT2D eigenvalue weighted by atomic mass is 10.1. The fourth-order valence-corrected chi connectivity index (χ4v) is 1.61. The van der Waals surface area contributed by atoms with E-state index < -0.39 is 0 Å². The van der Waals surface area contributed by atoms with Gasteiger partial charge in [-0.15, -0.1) is 0 Å². The van der Waals surface area contributed by atoms with Crippen molar-refractivity contribution in [3.8, 4) is 0 Å². The molecule has 0 aliphatic carbocycles. The summed E-state index contributed by atoms with van der Waals surface area (Å²) in [6.07, 6.45) is 0.890. The summed E-state index contributed by atoms with van der Waals surface area (Å²) in [5, 5.41) is 0. The standard InChI is InChI=1S/C9H9BrFNO/c10-7-2-1-6(5-8(7)11)9-3-4-13-12-9/h1-2,5,9,12H,3-4H2. The van der Waals surface area contributed by atoms with Gasteiger partial charge in [-0.1, -0.05) is 6.07 Å². The number of rotatable bonds is 1. The number of halogens is 2. The highest BCUT2D eigenvalue weighted by atomic mass is 79.9. The largest absolute Gasteiger partial charge is 0.301 e. The molecule has 13 heavy (non-hydrogen) atoms. The first kappa shape index (κ1) is 9.12. The molecule has 1 heterocycles. The van der Waals surface area contributed by atoms with Crippen LogP contribution in [0.4, 0.5) is 4.39 Å². The second-order valence-corrected chi connectivity index (χ2v) is 3.84. The smallest absolute Gasteiger partial charge is 0.137 e. The molecule has 1 saturated heterocycles. The lowest BCUT2D eigenvalue weighted by molar-refractivity contribution is 0.0882. The molecular formula is C9H9BrFNO. The highest BCUT2D eigenvalue weighted by molar-refractivity contribution is 9.10. The molecule has 1 aliphatic rings. The maximum absolute atomic E-state index is 13.1. The van der Waals surface area contributed by atoms with Gasteiger partial charge in [0.1, 0.15) is 5.82 Å². The summed E-state index contributed by atoms with van der Waals surface area (Å²) in [6.45, 7) is 0.683. The summed E-state index contributed by atoms with van der Waals surface area (Å²) in [4.78, 5) is 5.00. The van der Waals surface area contributed by atoms with Crippen molar-refractivity contribution < 1.29 is 9.23 Å². The van der Waals surface area contributed by atoms with Gasteiger partial charge in [0.05, 0.1) is 17.1 Å². The molecule has 2 nitrogen and oxygen atoms in total. The molecule has 0 radical (unpaired) electrons. The minimum Gasteiger partial charge on any atom is -0.301 e. The third-order valence-electron chi connectivity index (χ3n) is 2.08. The van der Waals surface area contributed by atoms with Gasteiger partial charge >= 0.3 is 0 Å². The van der Waals surface area contributed by atoms with E-state index in [4.69, 9.17) is 4.84 Å². The van der Waals surface area contributed by atoms with Gasteiger partial charge in [-0.05, 0) is 40.0 Å². The maximum atomic E-state index is 13.1. The Bertz CT molecular complexity index is 312. The first-order valence-electron chi connectivity index (χ1n) is 4.09. The number of benzene rings is 1. The van der Waals surface area contributed by atoms with E-state index in [1.807, 2.05) is 6.07 Å². The monoisotopic (exact) mass is 245 g/mol. The van der Waals surface area contributed by atoms with E-state index in [-0.39, 0.29) is 11.9 Å². The molecule has 1 unspecified atom stereocenters. The van der Waals surface area contributed by atoms with Crippen molar-refractivity contribution in [2.24, 2.45) is 0 Å². The van der Waals surface area contributed by atoms with Crippen LogP contribution in [-0.4, -0.2) is 6.61 Å². The fourth-order valence-electron chi connectivity index (χ4n) is 1.36.